The van der Waals surface area contributed by atoms with Crippen molar-refractivity contribution in [3.63, 3.8) is 0 Å². The van der Waals surface area contributed by atoms with Crippen molar-refractivity contribution in [3.8, 4) is 0 Å². The summed E-state index contributed by atoms with van der Waals surface area (Å²) >= 11 is 0. The Hall–Kier alpha value is -1.15. The monoisotopic (exact) mass is 349 g/mol. The molecule has 4 nitrogen and oxygen atoms in total. The van der Waals surface area contributed by atoms with Crippen molar-refractivity contribution in [3.05, 3.63) is 35.1 Å². The number of unbranched alkanes of at least 4 members (excludes halogenated alkanes) is 2. The minimum atomic E-state index is -0.893. The predicted molar refractivity (Wildman–Crippen MR) is 85.4 cm³/mol. The van der Waals surface area contributed by atoms with E-state index in [1.807, 2.05) is 0 Å². The average Bonchev–Trinajstić information content (AvgIpc) is 2.53. The highest BCUT2D eigenvalue weighted by molar-refractivity contribution is 5.20. The molecule has 0 aliphatic carbocycles. The lowest BCUT2D eigenvalue weighted by atomic mass is 10.1. The number of nitrogens with two attached hydrogens (primary N) is 1. The van der Waals surface area contributed by atoms with Gasteiger partial charge in [-0.25, -0.2) is 13.2 Å². The van der Waals surface area contributed by atoms with Gasteiger partial charge in [0.25, 0.3) is 0 Å². The summed E-state index contributed by atoms with van der Waals surface area (Å²) in [7, 11) is 0. The molecule has 0 saturated heterocycles. The van der Waals surface area contributed by atoms with Crippen molar-refractivity contribution >= 4 is 0 Å². The minimum absolute atomic E-state index is 0.0532. The summed E-state index contributed by atoms with van der Waals surface area (Å²) in [4.78, 5) is 0. The summed E-state index contributed by atoms with van der Waals surface area (Å²) in [5.41, 5.74) is 5.22. The van der Waals surface area contributed by atoms with Gasteiger partial charge in [-0.3, -0.25) is 0 Å². The molecule has 0 heterocycles. The van der Waals surface area contributed by atoms with E-state index >= 15 is 0 Å². The molecular formula is C17H26F3NO3. The third kappa shape index (κ3) is 9.22. The van der Waals surface area contributed by atoms with Gasteiger partial charge in [0.1, 0.15) is 17.5 Å². The second-order valence-electron chi connectivity index (χ2n) is 5.28. The molecule has 0 fully saturated rings. The standard InChI is InChI=1S/C17H26F3NO3/c18-14-12-16(19)15(17(20)13-14)4-2-1-3-6-22-8-10-24-11-9-23-7-5-21/h12-13H,1-11,21H2. The normalized spacial score (nSPS) is 11.2. The van der Waals surface area contributed by atoms with E-state index in [1.165, 1.54) is 0 Å². The van der Waals surface area contributed by atoms with Gasteiger partial charge in [0.15, 0.2) is 0 Å². The van der Waals surface area contributed by atoms with Crippen LogP contribution in [-0.2, 0) is 20.6 Å². The molecule has 0 aliphatic rings. The summed E-state index contributed by atoms with van der Waals surface area (Å²) in [6, 6.07) is 1.42. The van der Waals surface area contributed by atoms with Crippen molar-refractivity contribution in [1.82, 2.24) is 0 Å². The molecule has 24 heavy (non-hydrogen) atoms. The first-order chi connectivity index (χ1) is 11.6. The van der Waals surface area contributed by atoms with E-state index in [1.54, 1.807) is 0 Å². The van der Waals surface area contributed by atoms with Crippen molar-refractivity contribution in [2.75, 3.05) is 46.2 Å². The highest BCUT2D eigenvalue weighted by Crippen LogP contribution is 2.17. The molecule has 0 radical (unpaired) electrons. The second-order valence-corrected chi connectivity index (χ2v) is 5.28. The van der Waals surface area contributed by atoms with Crippen LogP contribution in [0.4, 0.5) is 13.2 Å². The summed E-state index contributed by atoms with van der Waals surface area (Å²) in [5, 5.41) is 0. The van der Waals surface area contributed by atoms with Gasteiger partial charge in [0, 0.05) is 30.8 Å². The number of benzene rings is 1. The molecule has 0 bridgehead atoms. The van der Waals surface area contributed by atoms with Gasteiger partial charge < -0.3 is 19.9 Å². The van der Waals surface area contributed by atoms with Crippen LogP contribution in [0.5, 0.6) is 0 Å². The van der Waals surface area contributed by atoms with E-state index in [4.69, 9.17) is 19.9 Å². The molecule has 0 aliphatic heterocycles. The SMILES string of the molecule is NCCOCCOCCOCCCCCc1c(F)cc(F)cc1F. The average molecular weight is 349 g/mol. The lowest BCUT2D eigenvalue weighted by Gasteiger charge is -2.07. The fourth-order valence-corrected chi connectivity index (χ4v) is 2.12. The van der Waals surface area contributed by atoms with Crippen molar-refractivity contribution in [2.45, 2.75) is 25.7 Å². The van der Waals surface area contributed by atoms with Crippen LogP contribution in [0.25, 0.3) is 0 Å². The molecule has 1 aromatic carbocycles. The summed E-state index contributed by atoms with van der Waals surface area (Å²) < 4.78 is 55.5. The molecule has 0 saturated carbocycles. The van der Waals surface area contributed by atoms with Crippen molar-refractivity contribution in [1.29, 1.82) is 0 Å². The van der Waals surface area contributed by atoms with Crippen molar-refractivity contribution < 1.29 is 27.4 Å². The zero-order valence-electron chi connectivity index (χ0n) is 13.9. The van der Waals surface area contributed by atoms with E-state index < -0.39 is 17.5 Å². The Labute approximate surface area is 141 Å². The predicted octanol–water partition coefficient (Wildman–Crippen LogP) is 2.83. The van der Waals surface area contributed by atoms with E-state index in [2.05, 4.69) is 0 Å². The highest BCUT2D eigenvalue weighted by Gasteiger charge is 2.10. The van der Waals surface area contributed by atoms with Gasteiger partial charge in [-0.2, -0.15) is 0 Å². The van der Waals surface area contributed by atoms with E-state index in [-0.39, 0.29) is 12.0 Å². The Morgan fingerprint density at radius 3 is 1.83 bits per heavy atom. The quantitative estimate of drug-likeness (QED) is 0.525. The van der Waals surface area contributed by atoms with Gasteiger partial charge in [0.2, 0.25) is 0 Å². The maximum Gasteiger partial charge on any atom is 0.132 e. The van der Waals surface area contributed by atoms with Crippen LogP contribution in [0.15, 0.2) is 12.1 Å². The van der Waals surface area contributed by atoms with E-state index in [0.717, 1.165) is 12.8 Å². The Balaban J connectivity index is 1.94. The number of rotatable bonds is 14. The number of halogens is 3. The Bertz CT molecular complexity index is 438. The maximum atomic E-state index is 13.4. The third-order valence-corrected chi connectivity index (χ3v) is 3.33. The fourth-order valence-electron chi connectivity index (χ4n) is 2.12. The molecule has 0 aromatic heterocycles. The molecule has 0 atom stereocenters. The zero-order valence-corrected chi connectivity index (χ0v) is 13.9. The fraction of sp³-hybridized carbons (Fsp3) is 0.647. The Morgan fingerprint density at radius 2 is 1.25 bits per heavy atom. The molecule has 2 N–H and O–H groups in total. The third-order valence-electron chi connectivity index (χ3n) is 3.33. The first kappa shape index (κ1) is 20.9. The summed E-state index contributed by atoms with van der Waals surface area (Å²) in [5.74, 6) is -2.54. The molecule has 0 amide bonds. The number of ether oxygens (including phenoxy) is 3. The molecule has 138 valence electrons. The second kappa shape index (κ2) is 13.2. The lowest BCUT2D eigenvalue weighted by Crippen LogP contribution is -2.13. The number of hydrogen-bond donors (Lipinski definition) is 1. The Morgan fingerprint density at radius 1 is 0.708 bits per heavy atom. The molecule has 1 aromatic rings. The molecule has 7 heteroatoms. The van der Waals surface area contributed by atoms with E-state index in [9.17, 15) is 13.2 Å². The molecular weight excluding hydrogens is 323 g/mol. The highest BCUT2D eigenvalue weighted by atomic mass is 19.1. The van der Waals surface area contributed by atoms with Crippen LogP contribution in [0.1, 0.15) is 24.8 Å². The van der Waals surface area contributed by atoms with E-state index in [0.29, 0.717) is 64.7 Å². The van der Waals surface area contributed by atoms with Gasteiger partial charge in [-0.1, -0.05) is 6.42 Å². The van der Waals surface area contributed by atoms with Crippen LogP contribution in [0, 0.1) is 17.5 Å². The topological polar surface area (TPSA) is 53.7 Å². The molecule has 0 unspecified atom stereocenters. The van der Waals surface area contributed by atoms with Crippen LogP contribution in [0.2, 0.25) is 0 Å². The van der Waals surface area contributed by atoms with Gasteiger partial charge >= 0.3 is 0 Å². The zero-order chi connectivity index (χ0) is 17.6. The minimum Gasteiger partial charge on any atom is -0.379 e. The largest absolute Gasteiger partial charge is 0.379 e. The summed E-state index contributed by atoms with van der Waals surface area (Å²) in [6.07, 6.45) is 2.45. The van der Waals surface area contributed by atoms with Crippen LogP contribution in [0.3, 0.4) is 0 Å². The van der Waals surface area contributed by atoms with Gasteiger partial charge in [-0.05, 0) is 19.3 Å². The first-order valence-electron chi connectivity index (χ1n) is 8.22. The lowest BCUT2D eigenvalue weighted by molar-refractivity contribution is 0.0153. The number of hydrogen-bond acceptors (Lipinski definition) is 4. The van der Waals surface area contributed by atoms with Crippen molar-refractivity contribution in [2.24, 2.45) is 5.73 Å². The smallest absolute Gasteiger partial charge is 0.132 e. The first-order valence-corrected chi connectivity index (χ1v) is 8.22. The van der Waals surface area contributed by atoms with Gasteiger partial charge in [-0.15, -0.1) is 0 Å². The van der Waals surface area contributed by atoms with Crippen LogP contribution >= 0.6 is 0 Å². The molecule has 0 spiro atoms. The maximum absolute atomic E-state index is 13.4. The Kier molecular flexibility index (Phi) is 11.5. The van der Waals surface area contributed by atoms with Crippen LogP contribution < -0.4 is 5.73 Å². The molecule has 1 rings (SSSR count). The van der Waals surface area contributed by atoms with Crippen LogP contribution in [-0.4, -0.2) is 46.2 Å². The van der Waals surface area contributed by atoms with Gasteiger partial charge in [0.05, 0.1) is 33.0 Å². The summed E-state index contributed by atoms with van der Waals surface area (Å²) in [6.45, 7) is 3.64.